The fraction of sp³-hybridized carbons (Fsp3) is 0.143. The summed E-state index contributed by atoms with van der Waals surface area (Å²) in [5.74, 6) is 0. The van der Waals surface area contributed by atoms with Gasteiger partial charge in [-0.25, -0.2) is 0 Å². The molecule has 3 rings (SSSR count). The van der Waals surface area contributed by atoms with Gasteiger partial charge in [-0.3, -0.25) is 5.32 Å². The Labute approximate surface area is 143 Å². The minimum atomic E-state index is -3.09. The molecule has 0 fully saturated rings. The maximum Gasteiger partial charge on any atom is 0.0948 e. The first kappa shape index (κ1) is 11.2. The molecule has 0 aromatic heterocycles. The van der Waals surface area contributed by atoms with Crippen molar-refractivity contribution in [2.45, 2.75) is 5.54 Å². The highest BCUT2D eigenvalue weighted by molar-refractivity contribution is 5.49. The lowest BCUT2D eigenvalue weighted by atomic mass is 9.77. The van der Waals surface area contributed by atoms with Crippen LogP contribution in [0.25, 0.3) is 0 Å². The van der Waals surface area contributed by atoms with Gasteiger partial charge in [0.05, 0.1) is 14.8 Å². The summed E-state index contributed by atoms with van der Waals surface area (Å²) >= 11 is 0. The lowest BCUT2D eigenvalue weighted by Gasteiger charge is -2.37. The van der Waals surface area contributed by atoms with Gasteiger partial charge in [-0.15, -0.1) is 0 Å². The SMILES string of the molecule is [2H]C([2H])(O)C([2H])([2H])NC(c1ccccc1)(c1ccccc1)c1ccccc1. The fourth-order valence-corrected chi connectivity index (χ4v) is 2.90. The topological polar surface area (TPSA) is 32.3 Å². The summed E-state index contributed by atoms with van der Waals surface area (Å²) in [7, 11) is 0. The van der Waals surface area contributed by atoms with Crippen molar-refractivity contribution in [3.8, 4) is 0 Å². The highest BCUT2D eigenvalue weighted by atomic mass is 16.3. The Balaban J connectivity index is 2.33. The van der Waals surface area contributed by atoms with Crippen LogP contribution in [0.5, 0.6) is 0 Å². The normalized spacial score (nSPS) is 15.2. The number of benzene rings is 3. The maximum absolute atomic E-state index is 9.85. The van der Waals surface area contributed by atoms with Gasteiger partial charge in [0.2, 0.25) is 0 Å². The van der Waals surface area contributed by atoms with Crippen molar-refractivity contribution in [3.63, 3.8) is 0 Å². The smallest absolute Gasteiger partial charge is 0.0948 e. The van der Waals surface area contributed by atoms with E-state index in [0.29, 0.717) is 0 Å². The number of rotatable bonds is 6. The maximum atomic E-state index is 9.85. The van der Waals surface area contributed by atoms with Crippen molar-refractivity contribution in [2.24, 2.45) is 0 Å². The van der Waals surface area contributed by atoms with Crippen LogP contribution in [0.15, 0.2) is 91.0 Å². The summed E-state index contributed by atoms with van der Waals surface area (Å²) < 4.78 is 31.6. The average molecular weight is 307 g/mol. The van der Waals surface area contributed by atoms with Crippen LogP contribution in [0.2, 0.25) is 0 Å². The molecule has 0 saturated carbocycles. The second-order valence-corrected chi connectivity index (χ2v) is 5.21. The molecule has 3 aromatic rings. The summed E-state index contributed by atoms with van der Waals surface area (Å²) in [4.78, 5) is 0. The Kier molecular flexibility index (Phi) is 3.51. The van der Waals surface area contributed by atoms with Crippen LogP contribution in [0.1, 0.15) is 22.2 Å². The monoisotopic (exact) mass is 307 g/mol. The van der Waals surface area contributed by atoms with E-state index in [0.717, 1.165) is 16.7 Å². The van der Waals surface area contributed by atoms with E-state index < -0.39 is 18.6 Å². The average Bonchev–Trinajstić information content (AvgIpc) is 2.67. The van der Waals surface area contributed by atoms with Gasteiger partial charge in [-0.2, -0.15) is 0 Å². The molecule has 3 aromatic carbocycles. The van der Waals surface area contributed by atoms with Gasteiger partial charge >= 0.3 is 0 Å². The molecule has 0 aliphatic carbocycles. The van der Waals surface area contributed by atoms with Gasteiger partial charge in [0.25, 0.3) is 0 Å². The number of aliphatic hydroxyl groups is 1. The van der Waals surface area contributed by atoms with Gasteiger partial charge in [-0.05, 0) is 16.7 Å². The quantitative estimate of drug-likeness (QED) is 0.683. The Hall–Kier alpha value is -2.42. The molecule has 0 bridgehead atoms. The molecule has 0 aliphatic heterocycles. The van der Waals surface area contributed by atoms with Crippen LogP contribution in [0, 0.1) is 0 Å². The third-order valence-electron chi connectivity index (χ3n) is 3.93. The van der Waals surface area contributed by atoms with Crippen molar-refractivity contribution < 1.29 is 10.6 Å². The lowest BCUT2D eigenvalue weighted by Crippen LogP contribution is -2.45. The van der Waals surface area contributed by atoms with E-state index in [2.05, 4.69) is 5.32 Å². The van der Waals surface area contributed by atoms with E-state index in [4.69, 9.17) is 5.48 Å². The Morgan fingerprint density at radius 2 is 1.04 bits per heavy atom. The highest BCUT2D eigenvalue weighted by Gasteiger charge is 2.35. The van der Waals surface area contributed by atoms with Crippen molar-refractivity contribution in [2.75, 3.05) is 13.1 Å². The molecule has 2 N–H and O–H groups in total. The molecule has 116 valence electrons. The Morgan fingerprint density at radius 3 is 1.35 bits per heavy atom. The molecule has 0 aliphatic rings. The third kappa shape index (κ3) is 3.04. The predicted octanol–water partition coefficient (Wildman–Crippen LogP) is 3.56. The first-order valence-corrected chi connectivity index (χ1v) is 7.46. The molecule has 0 saturated heterocycles. The van der Waals surface area contributed by atoms with E-state index in [9.17, 15) is 5.11 Å². The molecular formula is C21H21NO. The Morgan fingerprint density at radius 1 is 0.696 bits per heavy atom. The summed E-state index contributed by atoms with van der Waals surface area (Å²) in [6, 6.07) is 27.8. The van der Waals surface area contributed by atoms with Crippen LogP contribution in [-0.4, -0.2) is 18.2 Å². The fourth-order valence-electron chi connectivity index (χ4n) is 2.90. The second-order valence-electron chi connectivity index (χ2n) is 5.21. The highest BCUT2D eigenvalue weighted by Crippen LogP contribution is 2.36. The first-order valence-electron chi connectivity index (χ1n) is 9.46. The van der Waals surface area contributed by atoms with Crippen molar-refractivity contribution in [1.82, 2.24) is 5.32 Å². The first-order chi connectivity index (χ1) is 12.8. The molecule has 0 spiro atoms. The zero-order valence-corrected chi connectivity index (χ0v) is 12.6. The molecule has 23 heavy (non-hydrogen) atoms. The van der Waals surface area contributed by atoms with E-state index in [1.807, 2.05) is 91.0 Å². The summed E-state index contributed by atoms with van der Waals surface area (Å²) in [6.07, 6.45) is 0. The number of nitrogens with one attached hydrogen (secondary N) is 1. The molecule has 0 amide bonds. The summed E-state index contributed by atoms with van der Waals surface area (Å²) in [5.41, 5.74) is 0.991. The van der Waals surface area contributed by atoms with E-state index in [-0.39, 0.29) is 0 Å². The van der Waals surface area contributed by atoms with Gasteiger partial charge < -0.3 is 5.11 Å². The zero-order chi connectivity index (χ0) is 19.5. The molecule has 2 nitrogen and oxygen atoms in total. The largest absolute Gasteiger partial charge is 0.395 e. The van der Waals surface area contributed by atoms with Crippen molar-refractivity contribution in [3.05, 3.63) is 108 Å². The standard InChI is InChI=1S/C21H21NO/c23-17-16-22-21(18-10-4-1-5-11-18,19-12-6-2-7-13-19)20-14-8-3-9-15-20/h1-15,22-23H,16-17H2/i16D2,17D2. The number of hydrogen-bond acceptors (Lipinski definition) is 2. The van der Waals surface area contributed by atoms with Gasteiger partial charge in [0, 0.05) is 9.24 Å². The van der Waals surface area contributed by atoms with Crippen LogP contribution in [-0.2, 0) is 5.54 Å². The molecule has 0 unspecified atom stereocenters. The van der Waals surface area contributed by atoms with Crippen LogP contribution in [0.4, 0.5) is 0 Å². The predicted molar refractivity (Wildman–Crippen MR) is 94.3 cm³/mol. The van der Waals surface area contributed by atoms with Crippen LogP contribution >= 0.6 is 0 Å². The minimum Gasteiger partial charge on any atom is -0.395 e. The summed E-state index contributed by atoms with van der Waals surface area (Å²) in [6.45, 7) is -5.81. The Bertz CT molecular complexity index is 768. The van der Waals surface area contributed by atoms with E-state index >= 15 is 0 Å². The summed E-state index contributed by atoms with van der Waals surface area (Å²) in [5, 5.41) is 12.6. The van der Waals surface area contributed by atoms with Crippen LogP contribution in [0.3, 0.4) is 0 Å². The molecule has 0 atom stereocenters. The van der Waals surface area contributed by atoms with Gasteiger partial charge in [0.15, 0.2) is 0 Å². The van der Waals surface area contributed by atoms with Gasteiger partial charge in [0.1, 0.15) is 0 Å². The van der Waals surface area contributed by atoms with Crippen LogP contribution < -0.4 is 5.32 Å². The molecule has 0 heterocycles. The van der Waals surface area contributed by atoms with E-state index in [1.54, 1.807) is 0 Å². The third-order valence-corrected chi connectivity index (χ3v) is 3.93. The molecular weight excluding hydrogens is 282 g/mol. The molecule has 2 heteroatoms. The van der Waals surface area contributed by atoms with Crippen molar-refractivity contribution in [1.29, 1.82) is 0 Å². The minimum absolute atomic E-state index is 0.732. The van der Waals surface area contributed by atoms with Crippen molar-refractivity contribution >= 4 is 0 Å². The second kappa shape index (κ2) is 7.23. The molecule has 0 radical (unpaired) electrons. The van der Waals surface area contributed by atoms with E-state index in [1.165, 1.54) is 0 Å². The van der Waals surface area contributed by atoms with Gasteiger partial charge in [-0.1, -0.05) is 91.0 Å². The number of hydrogen-bond donors (Lipinski definition) is 2. The lowest BCUT2D eigenvalue weighted by molar-refractivity contribution is 0.277. The zero-order valence-electron chi connectivity index (χ0n) is 16.6.